The van der Waals surface area contributed by atoms with E-state index in [-0.39, 0.29) is 11.4 Å². The quantitative estimate of drug-likeness (QED) is 0.735. The van der Waals surface area contributed by atoms with Crippen molar-refractivity contribution in [1.29, 1.82) is 0 Å². The molecular formula is C18H17F3N2O2. The van der Waals surface area contributed by atoms with E-state index in [2.05, 4.69) is 18.5 Å². The first-order valence-corrected chi connectivity index (χ1v) is 7.39. The molecule has 0 atom stereocenters. The third-order valence-corrected chi connectivity index (χ3v) is 3.36. The van der Waals surface area contributed by atoms with Crippen molar-refractivity contribution in [3.8, 4) is 0 Å². The molecule has 7 heteroatoms. The summed E-state index contributed by atoms with van der Waals surface area (Å²) in [4.78, 5) is 13.9. The van der Waals surface area contributed by atoms with Crippen LogP contribution in [0.4, 0.5) is 24.5 Å². The van der Waals surface area contributed by atoms with Crippen molar-refractivity contribution in [2.75, 3.05) is 23.3 Å². The fourth-order valence-corrected chi connectivity index (χ4v) is 2.26. The first-order valence-electron chi connectivity index (χ1n) is 7.39. The van der Waals surface area contributed by atoms with Gasteiger partial charge in [0.1, 0.15) is 0 Å². The average molecular weight is 350 g/mol. The topological polar surface area (TPSA) is 45.5 Å². The molecule has 0 spiro atoms. The summed E-state index contributed by atoms with van der Waals surface area (Å²) in [5.41, 5.74) is -0.407. The maximum atomic E-state index is 13.0. The molecule has 1 heterocycles. The molecule has 1 amide bonds. The van der Waals surface area contributed by atoms with Gasteiger partial charge in [-0.1, -0.05) is 12.2 Å². The van der Waals surface area contributed by atoms with Gasteiger partial charge in [0.15, 0.2) is 5.76 Å². The molecule has 0 bridgehead atoms. The molecular weight excluding hydrogens is 333 g/mol. The largest absolute Gasteiger partial charge is 0.459 e. The number of benzene rings is 1. The van der Waals surface area contributed by atoms with Crippen LogP contribution in [0, 0.1) is 0 Å². The van der Waals surface area contributed by atoms with E-state index in [1.807, 2.05) is 0 Å². The van der Waals surface area contributed by atoms with Gasteiger partial charge in [-0.2, -0.15) is 13.2 Å². The number of anilines is 2. The van der Waals surface area contributed by atoms with E-state index in [0.717, 1.165) is 12.1 Å². The zero-order chi connectivity index (χ0) is 18.4. The Balaban J connectivity index is 2.45. The van der Waals surface area contributed by atoms with Gasteiger partial charge < -0.3 is 14.6 Å². The molecule has 1 aromatic carbocycles. The number of alkyl halides is 3. The highest BCUT2D eigenvalue weighted by molar-refractivity contribution is 6.04. The highest BCUT2D eigenvalue weighted by atomic mass is 19.4. The van der Waals surface area contributed by atoms with Gasteiger partial charge in [0.2, 0.25) is 0 Å². The molecule has 0 fully saturated rings. The minimum Gasteiger partial charge on any atom is -0.459 e. The molecule has 0 radical (unpaired) electrons. The summed E-state index contributed by atoms with van der Waals surface area (Å²) in [6.07, 6.45) is 0.00663. The van der Waals surface area contributed by atoms with Crippen LogP contribution in [0.25, 0.3) is 0 Å². The summed E-state index contributed by atoms with van der Waals surface area (Å²) in [5.74, 6) is -0.634. The summed E-state index contributed by atoms with van der Waals surface area (Å²) in [5, 5.41) is 2.48. The van der Waals surface area contributed by atoms with Crippen molar-refractivity contribution in [2.45, 2.75) is 6.18 Å². The Kier molecular flexibility index (Phi) is 5.69. The standard InChI is InChI=1S/C18H17F3N2O2/c1-3-9-23(10-4-2)15-8-7-13(18(19,20)21)12-14(15)22-17(24)16-6-5-11-25-16/h3-8,11-12H,1-2,9-10H2,(H,22,24). The Hall–Kier alpha value is -2.96. The number of hydrogen-bond acceptors (Lipinski definition) is 3. The van der Waals surface area contributed by atoms with Crippen LogP contribution in [0.5, 0.6) is 0 Å². The zero-order valence-corrected chi connectivity index (χ0v) is 13.3. The minimum absolute atomic E-state index is 0.00218. The number of hydrogen-bond donors (Lipinski definition) is 1. The molecule has 0 aliphatic rings. The Morgan fingerprint density at radius 3 is 2.40 bits per heavy atom. The van der Waals surface area contributed by atoms with E-state index >= 15 is 0 Å². The first kappa shape index (κ1) is 18.4. The third-order valence-electron chi connectivity index (χ3n) is 3.36. The lowest BCUT2D eigenvalue weighted by atomic mass is 10.1. The molecule has 2 aromatic rings. The SMILES string of the molecule is C=CCN(CC=C)c1ccc(C(F)(F)F)cc1NC(=O)c1ccco1. The van der Waals surface area contributed by atoms with Crippen LogP contribution in [0.3, 0.4) is 0 Å². The lowest BCUT2D eigenvalue weighted by Crippen LogP contribution is -2.25. The van der Waals surface area contributed by atoms with Gasteiger partial charge in [-0.15, -0.1) is 13.2 Å². The van der Waals surface area contributed by atoms with Crippen molar-refractivity contribution >= 4 is 17.3 Å². The molecule has 132 valence electrons. The van der Waals surface area contributed by atoms with Crippen LogP contribution in [0.2, 0.25) is 0 Å². The highest BCUT2D eigenvalue weighted by Crippen LogP contribution is 2.35. The number of nitrogens with one attached hydrogen (secondary N) is 1. The third kappa shape index (κ3) is 4.53. The molecule has 2 rings (SSSR count). The van der Waals surface area contributed by atoms with E-state index in [1.165, 1.54) is 24.5 Å². The molecule has 0 unspecified atom stereocenters. The smallest absolute Gasteiger partial charge is 0.416 e. The van der Waals surface area contributed by atoms with Crippen molar-refractivity contribution in [3.05, 3.63) is 73.2 Å². The Bertz CT molecular complexity index is 742. The van der Waals surface area contributed by atoms with Crippen LogP contribution in [-0.2, 0) is 6.18 Å². The lowest BCUT2D eigenvalue weighted by Gasteiger charge is -2.25. The van der Waals surface area contributed by atoms with Crippen LogP contribution in [-0.4, -0.2) is 19.0 Å². The summed E-state index contributed by atoms with van der Waals surface area (Å²) in [7, 11) is 0. The Morgan fingerprint density at radius 1 is 1.20 bits per heavy atom. The maximum absolute atomic E-state index is 13.0. The number of halogens is 3. The first-order chi connectivity index (χ1) is 11.9. The number of carbonyl (C=O) groups excluding carboxylic acids is 1. The van der Waals surface area contributed by atoms with E-state index in [1.54, 1.807) is 17.1 Å². The summed E-state index contributed by atoms with van der Waals surface area (Å²) in [6, 6.07) is 6.12. The van der Waals surface area contributed by atoms with E-state index < -0.39 is 17.6 Å². The van der Waals surface area contributed by atoms with Crippen molar-refractivity contribution in [1.82, 2.24) is 0 Å². The van der Waals surface area contributed by atoms with Crippen molar-refractivity contribution < 1.29 is 22.4 Å². The number of rotatable bonds is 7. The monoisotopic (exact) mass is 350 g/mol. The maximum Gasteiger partial charge on any atom is 0.416 e. The van der Waals surface area contributed by atoms with Gasteiger partial charge in [0.05, 0.1) is 23.2 Å². The summed E-state index contributed by atoms with van der Waals surface area (Å²) >= 11 is 0. The normalized spacial score (nSPS) is 11.0. The van der Waals surface area contributed by atoms with Crippen LogP contribution >= 0.6 is 0 Å². The second-order valence-electron chi connectivity index (χ2n) is 5.14. The van der Waals surface area contributed by atoms with Crippen molar-refractivity contribution in [3.63, 3.8) is 0 Å². The summed E-state index contributed by atoms with van der Waals surface area (Å²) in [6.45, 7) is 8.03. The van der Waals surface area contributed by atoms with Crippen LogP contribution in [0.15, 0.2) is 66.3 Å². The number of furan rings is 1. The molecule has 1 N–H and O–H groups in total. The Labute approximate surface area is 143 Å². The Morgan fingerprint density at radius 2 is 1.88 bits per heavy atom. The van der Waals surface area contributed by atoms with Gasteiger partial charge >= 0.3 is 6.18 Å². The van der Waals surface area contributed by atoms with Gasteiger partial charge in [0.25, 0.3) is 5.91 Å². The molecule has 0 saturated heterocycles. The predicted octanol–water partition coefficient (Wildman–Crippen LogP) is 4.73. The van der Waals surface area contributed by atoms with E-state index in [0.29, 0.717) is 18.8 Å². The van der Waals surface area contributed by atoms with E-state index in [9.17, 15) is 18.0 Å². The molecule has 1 aromatic heterocycles. The minimum atomic E-state index is -4.52. The molecule has 0 aliphatic carbocycles. The number of amides is 1. The second kappa shape index (κ2) is 7.74. The van der Waals surface area contributed by atoms with Gasteiger partial charge in [0, 0.05) is 13.1 Å². The second-order valence-corrected chi connectivity index (χ2v) is 5.14. The number of nitrogens with zero attached hydrogens (tertiary/aromatic N) is 1. The number of carbonyl (C=O) groups is 1. The van der Waals surface area contributed by atoms with Gasteiger partial charge in [-0.25, -0.2) is 0 Å². The fourth-order valence-electron chi connectivity index (χ4n) is 2.26. The molecule has 4 nitrogen and oxygen atoms in total. The lowest BCUT2D eigenvalue weighted by molar-refractivity contribution is -0.137. The average Bonchev–Trinajstić information content (AvgIpc) is 3.08. The fraction of sp³-hybridized carbons (Fsp3) is 0.167. The van der Waals surface area contributed by atoms with Crippen molar-refractivity contribution in [2.24, 2.45) is 0 Å². The molecule has 25 heavy (non-hydrogen) atoms. The zero-order valence-electron chi connectivity index (χ0n) is 13.3. The predicted molar refractivity (Wildman–Crippen MR) is 90.7 cm³/mol. The van der Waals surface area contributed by atoms with E-state index in [4.69, 9.17) is 4.42 Å². The molecule has 0 saturated carbocycles. The highest BCUT2D eigenvalue weighted by Gasteiger charge is 2.31. The molecule has 0 aliphatic heterocycles. The van der Waals surface area contributed by atoms with Crippen LogP contribution in [0.1, 0.15) is 16.1 Å². The van der Waals surface area contributed by atoms with Gasteiger partial charge in [-0.3, -0.25) is 4.79 Å². The summed E-state index contributed by atoms with van der Waals surface area (Å²) < 4.78 is 44.1. The van der Waals surface area contributed by atoms with Gasteiger partial charge in [-0.05, 0) is 30.3 Å². The van der Waals surface area contributed by atoms with Crippen LogP contribution < -0.4 is 10.2 Å².